The fraction of sp³-hybridized carbons (Fsp3) is 0.143. The smallest absolute Gasteiger partial charge is 0.162 e. The summed E-state index contributed by atoms with van der Waals surface area (Å²) in [5.74, 6) is 0.492. The number of nitrogens with zero attached hydrogens (tertiary/aromatic N) is 3. The molecule has 0 aromatic carbocycles. The van der Waals surface area contributed by atoms with Crippen LogP contribution in [0.1, 0.15) is 0 Å². The third kappa shape index (κ3) is 1.35. The van der Waals surface area contributed by atoms with Crippen molar-refractivity contribution in [3.8, 4) is 0 Å². The van der Waals surface area contributed by atoms with E-state index in [1.165, 1.54) is 0 Å². The fourth-order valence-electron chi connectivity index (χ4n) is 1.20. The molecule has 2 heterocycles. The summed E-state index contributed by atoms with van der Waals surface area (Å²) in [7, 11) is 1.79. The third-order valence-electron chi connectivity index (χ3n) is 1.74. The van der Waals surface area contributed by atoms with E-state index in [0.717, 1.165) is 14.6 Å². The average molecular weight is 309 g/mol. The summed E-state index contributed by atoms with van der Waals surface area (Å²) in [4.78, 5) is 4.14. The van der Waals surface area contributed by atoms with Gasteiger partial charge in [0.1, 0.15) is 5.15 Å². The monoisotopic (exact) mass is 308 g/mol. The normalized spacial score (nSPS) is 11.0. The van der Waals surface area contributed by atoms with Gasteiger partial charge in [0, 0.05) is 10.6 Å². The standard InChI is InChI=1S/C7H6ClIN4/c1-13-7-5(6(10)12-13)3(9)2-4(8)11-7/h2H,1H3,(H2,10,12). The van der Waals surface area contributed by atoms with Gasteiger partial charge in [-0.15, -0.1) is 0 Å². The highest BCUT2D eigenvalue weighted by atomic mass is 127. The van der Waals surface area contributed by atoms with Gasteiger partial charge in [0.15, 0.2) is 11.5 Å². The average Bonchev–Trinajstić information content (AvgIpc) is 2.27. The van der Waals surface area contributed by atoms with Crippen molar-refractivity contribution >= 4 is 51.0 Å². The lowest BCUT2D eigenvalue weighted by molar-refractivity contribution is 0.791. The van der Waals surface area contributed by atoms with E-state index in [0.29, 0.717) is 11.0 Å². The second-order valence-electron chi connectivity index (χ2n) is 2.63. The largest absolute Gasteiger partial charge is 0.382 e. The van der Waals surface area contributed by atoms with Gasteiger partial charge in [0.05, 0.1) is 5.39 Å². The first-order valence-electron chi connectivity index (χ1n) is 3.54. The minimum atomic E-state index is 0.458. The van der Waals surface area contributed by atoms with E-state index in [-0.39, 0.29) is 0 Å². The van der Waals surface area contributed by atoms with Crippen LogP contribution < -0.4 is 5.73 Å². The summed E-state index contributed by atoms with van der Waals surface area (Å²) in [5, 5.41) is 5.39. The topological polar surface area (TPSA) is 56.7 Å². The molecule has 0 bridgehead atoms. The van der Waals surface area contributed by atoms with Gasteiger partial charge in [-0.25, -0.2) is 9.67 Å². The second kappa shape index (κ2) is 2.98. The molecule has 0 atom stereocenters. The van der Waals surface area contributed by atoms with Crippen LogP contribution in [0.25, 0.3) is 11.0 Å². The number of hydrogen-bond acceptors (Lipinski definition) is 3. The predicted octanol–water partition coefficient (Wildman–Crippen LogP) is 1.81. The van der Waals surface area contributed by atoms with Crippen LogP contribution in [0.15, 0.2) is 6.07 Å². The first-order chi connectivity index (χ1) is 6.09. The molecule has 0 unspecified atom stereocenters. The predicted molar refractivity (Wildman–Crippen MR) is 60.6 cm³/mol. The Labute approximate surface area is 93.2 Å². The van der Waals surface area contributed by atoms with Crippen molar-refractivity contribution in [3.05, 3.63) is 14.8 Å². The fourth-order valence-corrected chi connectivity index (χ4v) is 2.39. The molecule has 2 N–H and O–H groups in total. The van der Waals surface area contributed by atoms with E-state index in [2.05, 4.69) is 32.7 Å². The van der Waals surface area contributed by atoms with Gasteiger partial charge < -0.3 is 5.73 Å². The number of anilines is 1. The molecule has 68 valence electrons. The van der Waals surface area contributed by atoms with Crippen LogP contribution in [-0.4, -0.2) is 14.8 Å². The third-order valence-corrected chi connectivity index (χ3v) is 2.79. The number of aromatic nitrogens is 3. The lowest BCUT2D eigenvalue weighted by Gasteiger charge is -1.96. The first kappa shape index (κ1) is 9.01. The molecule has 13 heavy (non-hydrogen) atoms. The molecule has 0 aliphatic carbocycles. The van der Waals surface area contributed by atoms with Crippen molar-refractivity contribution in [2.45, 2.75) is 0 Å². The van der Waals surface area contributed by atoms with Crippen molar-refractivity contribution in [1.29, 1.82) is 0 Å². The number of hydrogen-bond donors (Lipinski definition) is 1. The van der Waals surface area contributed by atoms with Gasteiger partial charge in [0.2, 0.25) is 0 Å². The molecule has 0 fully saturated rings. The Morgan fingerprint density at radius 3 is 3.00 bits per heavy atom. The molecule has 0 radical (unpaired) electrons. The Morgan fingerprint density at radius 1 is 1.62 bits per heavy atom. The number of rotatable bonds is 0. The van der Waals surface area contributed by atoms with E-state index < -0.39 is 0 Å². The number of fused-ring (bicyclic) bond motifs is 1. The molecule has 2 aromatic heterocycles. The van der Waals surface area contributed by atoms with Crippen molar-refractivity contribution in [1.82, 2.24) is 14.8 Å². The molecular formula is C7H6ClIN4. The van der Waals surface area contributed by atoms with Crippen LogP contribution in [0.4, 0.5) is 5.82 Å². The molecule has 0 spiro atoms. The van der Waals surface area contributed by atoms with Crippen molar-refractivity contribution < 1.29 is 0 Å². The van der Waals surface area contributed by atoms with Gasteiger partial charge in [-0.2, -0.15) is 5.10 Å². The Morgan fingerprint density at radius 2 is 2.31 bits per heavy atom. The number of nitrogen functional groups attached to an aromatic ring is 1. The highest BCUT2D eigenvalue weighted by Gasteiger charge is 2.11. The minimum Gasteiger partial charge on any atom is -0.382 e. The SMILES string of the molecule is Cn1nc(N)c2c(I)cc(Cl)nc21. The summed E-state index contributed by atoms with van der Waals surface area (Å²) in [6, 6.07) is 1.77. The van der Waals surface area contributed by atoms with Crippen LogP contribution in [0.3, 0.4) is 0 Å². The van der Waals surface area contributed by atoms with Crippen LogP contribution in [0.5, 0.6) is 0 Å². The molecule has 2 aromatic rings. The van der Waals surface area contributed by atoms with Gasteiger partial charge in [-0.3, -0.25) is 0 Å². The maximum Gasteiger partial charge on any atom is 0.162 e. The van der Waals surface area contributed by atoms with E-state index >= 15 is 0 Å². The zero-order valence-electron chi connectivity index (χ0n) is 6.75. The second-order valence-corrected chi connectivity index (χ2v) is 4.18. The summed E-state index contributed by atoms with van der Waals surface area (Å²) in [6.45, 7) is 0. The summed E-state index contributed by atoms with van der Waals surface area (Å²) < 4.78 is 2.59. The minimum absolute atomic E-state index is 0.458. The molecule has 6 heteroatoms. The Balaban J connectivity index is 2.97. The van der Waals surface area contributed by atoms with Gasteiger partial charge in [0.25, 0.3) is 0 Å². The Kier molecular flexibility index (Phi) is 2.07. The van der Waals surface area contributed by atoms with E-state index in [4.69, 9.17) is 17.3 Å². The zero-order valence-corrected chi connectivity index (χ0v) is 9.67. The maximum atomic E-state index is 5.81. The molecule has 0 amide bonds. The van der Waals surface area contributed by atoms with E-state index in [1.807, 2.05) is 0 Å². The summed E-state index contributed by atoms with van der Waals surface area (Å²) >= 11 is 7.97. The number of halogens is 2. The summed E-state index contributed by atoms with van der Waals surface area (Å²) in [5.41, 5.74) is 6.43. The van der Waals surface area contributed by atoms with Crippen LogP contribution >= 0.6 is 34.2 Å². The van der Waals surface area contributed by atoms with Crippen LogP contribution in [0.2, 0.25) is 5.15 Å². The first-order valence-corrected chi connectivity index (χ1v) is 4.99. The van der Waals surface area contributed by atoms with E-state index in [1.54, 1.807) is 17.8 Å². The molecule has 0 saturated heterocycles. The van der Waals surface area contributed by atoms with Crippen molar-refractivity contribution in [2.24, 2.45) is 7.05 Å². The van der Waals surface area contributed by atoms with Gasteiger partial charge in [-0.1, -0.05) is 11.6 Å². The molecule has 2 rings (SSSR count). The molecular weight excluding hydrogens is 302 g/mol. The van der Waals surface area contributed by atoms with Crippen LogP contribution in [-0.2, 0) is 7.05 Å². The molecule has 0 saturated carbocycles. The Hall–Kier alpha value is -0.560. The number of pyridine rings is 1. The quantitative estimate of drug-likeness (QED) is 0.596. The molecule has 4 nitrogen and oxygen atoms in total. The van der Waals surface area contributed by atoms with Gasteiger partial charge >= 0.3 is 0 Å². The van der Waals surface area contributed by atoms with Crippen molar-refractivity contribution in [2.75, 3.05) is 5.73 Å². The highest BCUT2D eigenvalue weighted by molar-refractivity contribution is 14.1. The van der Waals surface area contributed by atoms with Crippen LogP contribution in [0, 0.1) is 3.57 Å². The number of nitrogens with two attached hydrogens (primary N) is 1. The zero-order chi connectivity index (χ0) is 9.59. The molecule has 0 aliphatic heterocycles. The lowest BCUT2D eigenvalue weighted by Crippen LogP contribution is -1.92. The number of aryl methyl sites for hydroxylation is 1. The highest BCUT2D eigenvalue weighted by Crippen LogP contribution is 2.26. The van der Waals surface area contributed by atoms with E-state index in [9.17, 15) is 0 Å². The maximum absolute atomic E-state index is 5.81. The van der Waals surface area contributed by atoms with Gasteiger partial charge in [-0.05, 0) is 28.7 Å². The summed E-state index contributed by atoms with van der Waals surface area (Å²) in [6.07, 6.45) is 0. The Bertz CT molecular complexity index is 479. The molecule has 0 aliphatic rings. The van der Waals surface area contributed by atoms with Crippen molar-refractivity contribution in [3.63, 3.8) is 0 Å². The lowest BCUT2D eigenvalue weighted by atomic mass is 10.3.